The third kappa shape index (κ3) is 5.43. The van der Waals surface area contributed by atoms with Crippen LogP contribution in [-0.2, 0) is 14.6 Å². The van der Waals surface area contributed by atoms with Crippen LogP contribution in [0.25, 0.3) is 0 Å². The van der Waals surface area contributed by atoms with E-state index in [2.05, 4.69) is 15.5 Å². The van der Waals surface area contributed by atoms with E-state index in [4.69, 9.17) is 20.8 Å². The number of nitrogens with one attached hydrogen (secondary N) is 1. The first-order valence-corrected chi connectivity index (χ1v) is 10.2. The van der Waals surface area contributed by atoms with Crippen LogP contribution in [-0.4, -0.2) is 37.4 Å². The lowest BCUT2D eigenvalue weighted by molar-refractivity contribution is -0.124. The van der Waals surface area contributed by atoms with E-state index in [1.807, 2.05) is 13.8 Å². The van der Waals surface area contributed by atoms with Gasteiger partial charge in [0.15, 0.2) is 6.61 Å². The first kappa shape index (κ1) is 20.2. The second-order valence-corrected chi connectivity index (χ2v) is 8.18. The number of carbonyl (C=O) groups excluding carboxylic acids is 1. The van der Waals surface area contributed by atoms with Gasteiger partial charge in [0, 0.05) is 11.3 Å². The summed E-state index contributed by atoms with van der Waals surface area (Å²) in [7, 11) is -3.61. The largest absolute Gasteiger partial charge is 0.484 e. The smallest absolute Gasteiger partial charge is 0.335 e. The highest BCUT2D eigenvalue weighted by Gasteiger charge is 2.28. The predicted octanol–water partition coefficient (Wildman–Crippen LogP) is 2.41. The molecule has 0 aliphatic carbocycles. The quantitative estimate of drug-likeness (QED) is 0.722. The number of amides is 1. The Kier molecular flexibility index (Phi) is 6.60. The number of carbonyl (C=O) groups is 1. The van der Waals surface area contributed by atoms with E-state index in [1.54, 1.807) is 24.3 Å². The predicted molar refractivity (Wildman–Crippen MR) is 94.7 cm³/mol. The van der Waals surface area contributed by atoms with Crippen molar-refractivity contribution in [2.45, 2.75) is 31.5 Å². The number of halogens is 1. The van der Waals surface area contributed by atoms with Crippen molar-refractivity contribution in [3.8, 4) is 5.75 Å². The zero-order valence-electron chi connectivity index (χ0n) is 14.6. The summed E-state index contributed by atoms with van der Waals surface area (Å²) in [5.41, 5.74) is 0. The molecule has 0 saturated heterocycles. The molecular formula is C16H20ClN3O5S. The molecule has 142 valence electrons. The molecule has 2 rings (SSSR count). The average molecular weight is 402 g/mol. The van der Waals surface area contributed by atoms with Crippen molar-refractivity contribution in [3.05, 3.63) is 35.2 Å². The fourth-order valence-electron chi connectivity index (χ4n) is 2.07. The molecule has 0 unspecified atom stereocenters. The molecule has 2 atom stereocenters. The Morgan fingerprint density at radius 3 is 2.50 bits per heavy atom. The highest BCUT2D eigenvalue weighted by Crippen LogP contribution is 2.24. The topological polar surface area (TPSA) is 111 Å². The minimum absolute atomic E-state index is 0.0413. The average Bonchev–Trinajstić information content (AvgIpc) is 3.08. The maximum absolute atomic E-state index is 12.2. The van der Waals surface area contributed by atoms with Crippen molar-refractivity contribution in [1.82, 2.24) is 15.5 Å². The lowest BCUT2D eigenvalue weighted by atomic mass is 9.99. The molecule has 1 amide bonds. The highest BCUT2D eigenvalue weighted by atomic mass is 35.5. The molecule has 10 heteroatoms. The van der Waals surface area contributed by atoms with Crippen molar-refractivity contribution >= 4 is 27.3 Å². The second-order valence-electron chi connectivity index (χ2n) is 5.85. The summed E-state index contributed by atoms with van der Waals surface area (Å²) in [5.74, 6) is 0.0908. The summed E-state index contributed by atoms with van der Waals surface area (Å²) in [5, 5.41) is 10.1. The van der Waals surface area contributed by atoms with Crippen molar-refractivity contribution in [3.63, 3.8) is 0 Å². The van der Waals surface area contributed by atoms with E-state index < -0.39 is 27.0 Å². The van der Waals surface area contributed by atoms with Crippen molar-refractivity contribution in [2.24, 2.45) is 5.92 Å². The minimum Gasteiger partial charge on any atom is -0.484 e. The van der Waals surface area contributed by atoms with Crippen LogP contribution in [0.15, 0.2) is 33.9 Å². The van der Waals surface area contributed by atoms with Gasteiger partial charge in [0.05, 0.1) is 0 Å². The summed E-state index contributed by atoms with van der Waals surface area (Å²) in [6, 6.07) is 5.99. The fraction of sp³-hybridized carbons (Fsp3) is 0.438. The molecule has 1 N–H and O–H groups in total. The molecule has 0 spiro atoms. The molecule has 1 aromatic carbocycles. The number of hydrogen-bond donors (Lipinski definition) is 1. The maximum Gasteiger partial charge on any atom is 0.335 e. The van der Waals surface area contributed by atoms with Crippen molar-refractivity contribution in [1.29, 1.82) is 0 Å². The van der Waals surface area contributed by atoms with Crippen molar-refractivity contribution in [2.75, 3.05) is 12.9 Å². The summed E-state index contributed by atoms with van der Waals surface area (Å²) in [6.07, 6.45) is 1.68. The first-order valence-electron chi connectivity index (χ1n) is 7.92. The first-order chi connectivity index (χ1) is 12.2. The molecule has 0 bridgehead atoms. The van der Waals surface area contributed by atoms with Gasteiger partial charge in [-0.1, -0.05) is 37.0 Å². The van der Waals surface area contributed by atoms with Gasteiger partial charge in [-0.2, -0.15) is 0 Å². The SMILES string of the molecule is CC[C@@H](C)[C@H](NC(=O)COc1ccc(Cl)cc1)c1nnc(S(C)(=O)=O)o1. The number of nitrogens with zero attached hydrogens (tertiary/aromatic N) is 2. The molecule has 0 saturated carbocycles. The van der Waals surface area contributed by atoms with Gasteiger partial charge in [0.1, 0.15) is 11.8 Å². The number of benzene rings is 1. The van der Waals surface area contributed by atoms with E-state index in [1.165, 1.54) is 0 Å². The van der Waals surface area contributed by atoms with Crippen LogP contribution >= 0.6 is 11.6 Å². The number of ether oxygens (including phenoxy) is 1. The molecule has 26 heavy (non-hydrogen) atoms. The Bertz CT molecular complexity index is 851. The molecule has 2 aromatic rings. The molecular weight excluding hydrogens is 382 g/mol. The van der Waals surface area contributed by atoms with E-state index in [-0.39, 0.29) is 18.4 Å². The Hall–Kier alpha value is -2.13. The zero-order valence-corrected chi connectivity index (χ0v) is 16.2. The highest BCUT2D eigenvalue weighted by molar-refractivity contribution is 7.90. The van der Waals surface area contributed by atoms with Gasteiger partial charge >= 0.3 is 5.22 Å². The van der Waals surface area contributed by atoms with E-state index in [0.717, 1.165) is 6.26 Å². The van der Waals surface area contributed by atoms with Crippen LogP contribution in [0.1, 0.15) is 32.2 Å². The van der Waals surface area contributed by atoms with Crippen LogP contribution in [0.4, 0.5) is 0 Å². The third-order valence-corrected chi connectivity index (χ3v) is 4.77. The van der Waals surface area contributed by atoms with Crippen LogP contribution in [0.2, 0.25) is 5.02 Å². The van der Waals surface area contributed by atoms with Gasteiger partial charge in [0.25, 0.3) is 5.91 Å². The Morgan fingerprint density at radius 2 is 1.96 bits per heavy atom. The van der Waals surface area contributed by atoms with Crippen LogP contribution < -0.4 is 10.1 Å². The number of hydrogen-bond acceptors (Lipinski definition) is 7. The number of rotatable bonds is 8. The second kappa shape index (κ2) is 8.50. The van der Waals surface area contributed by atoms with E-state index in [9.17, 15) is 13.2 Å². The number of sulfone groups is 1. The summed E-state index contributed by atoms with van der Waals surface area (Å²) >= 11 is 5.79. The zero-order chi connectivity index (χ0) is 19.3. The van der Waals surface area contributed by atoms with Gasteiger partial charge in [-0.15, -0.1) is 5.10 Å². The maximum atomic E-state index is 12.2. The molecule has 1 heterocycles. The molecule has 0 fully saturated rings. The summed E-state index contributed by atoms with van der Waals surface area (Å²) in [4.78, 5) is 12.2. The minimum atomic E-state index is -3.61. The van der Waals surface area contributed by atoms with E-state index >= 15 is 0 Å². The Labute approximate surface area is 156 Å². The normalized spacial score (nSPS) is 13.8. The van der Waals surface area contributed by atoms with Gasteiger partial charge in [-0.05, 0) is 30.2 Å². The molecule has 1 aromatic heterocycles. The third-order valence-electron chi connectivity index (χ3n) is 3.72. The Balaban J connectivity index is 2.06. The molecule has 0 aliphatic rings. The molecule has 0 radical (unpaired) electrons. The summed E-state index contributed by atoms with van der Waals surface area (Å²) < 4.78 is 33.6. The van der Waals surface area contributed by atoms with Crippen LogP contribution in [0, 0.1) is 5.92 Å². The lowest BCUT2D eigenvalue weighted by Crippen LogP contribution is -2.36. The van der Waals surface area contributed by atoms with Crippen LogP contribution in [0.3, 0.4) is 0 Å². The molecule has 0 aliphatic heterocycles. The summed E-state index contributed by atoms with van der Waals surface area (Å²) in [6.45, 7) is 3.60. The fourth-order valence-corrected chi connectivity index (χ4v) is 2.63. The van der Waals surface area contributed by atoms with Crippen LogP contribution in [0.5, 0.6) is 5.75 Å². The van der Waals surface area contributed by atoms with Gasteiger partial charge in [-0.25, -0.2) is 8.42 Å². The molecule has 8 nitrogen and oxygen atoms in total. The van der Waals surface area contributed by atoms with Gasteiger partial charge < -0.3 is 14.5 Å². The number of aromatic nitrogens is 2. The lowest BCUT2D eigenvalue weighted by Gasteiger charge is -2.21. The monoisotopic (exact) mass is 401 g/mol. The Morgan fingerprint density at radius 1 is 1.31 bits per heavy atom. The van der Waals surface area contributed by atoms with Crippen molar-refractivity contribution < 1.29 is 22.4 Å². The standard InChI is InChI=1S/C16H20ClN3O5S/c1-4-10(2)14(15-19-20-16(25-15)26(3,22)23)18-13(21)9-24-12-7-5-11(17)6-8-12/h5-8,10,14H,4,9H2,1-3H3,(H,18,21)/t10-,14+/m1/s1. The van der Waals surface area contributed by atoms with E-state index in [0.29, 0.717) is 17.2 Å². The van der Waals surface area contributed by atoms with Gasteiger partial charge in [0.2, 0.25) is 15.7 Å². The van der Waals surface area contributed by atoms with Gasteiger partial charge in [-0.3, -0.25) is 4.79 Å².